The third-order valence-corrected chi connectivity index (χ3v) is 4.26. The van der Waals surface area contributed by atoms with Crippen molar-refractivity contribution < 1.29 is 0 Å². The molecule has 3 fully saturated rings. The Morgan fingerprint density at radius 1 is 1.08 bits per heavy atom. The van der Waals surface area contributed by atoms with Crippen molar-refractivity contribution in [2.45, 2.75) is 45.2 Å². The Kier molecular flexibility index (Phi) is 1.39. The van der Waals surface area contributed by atoms with Gasteiger partial charge in [-0.2, -0.15) is 0 Å². The molecular formula is C11H19N. The second kappa shape index (κ2) is 2.25. The van der Waals surface area contributed by atoms with E-state index >= 15 is 0 Å². The molecule has 4 atom stereocenters. The Balaban J connectivity index is 1.67. The summed E-state index contributed by atoms with van der Waals surface area (Å²) in [5, 5.41) is 3.72. The molecule has 3 saturated carbocycles. The van der Waals surface area contributed by atoms with E-state index in [9.17, 15) is 0 Å². The van der Waals surface area contributed by atoms with Crippen LogP contribution in [-0.4, -0.2) is 12.1 Å². The van der Waals surface area contributed by atoms with Gasteiger partial charge in [0, 0.05) is 12.1 Å². The second-order valence-electron chi connectivity index (χ2n) is 5.34. The highest BCUT2D eigenvalue weighted by Gasteiger charge is 2.64. The minimum Gasteiger partial charge on any atom is -0.311 e. The fourth-order valence-corrected chi connectivity index (χ4v) is 3.93. The smallest absolute Gasteiger partial charge is 0.0138 e. The molecule has 3 aliphatic carbocycles. The molecule has 0 radical (unpaired) electrons. The normalized spacial score (nSPS) is 54.8. The zero-order chi connectivity index (χ0) is 8.29. The minimum absolute atomic E-state index is 0.694. The summed E-state index contributed by atoms with van der Waals surface area (Å²) in [5.41, 5.74) is 0. The van der Waals surface area contributed by atoms with Crippen LogP contribution in [0.25, 0.3) is 0 Å². The molecule has 4 unspecified atom stereocenters. The molecule has 0 spiro atoms. The third-order valence-electron chi connectivity index (χ3n) is 4.26. The molecule has 1 N–H and O–H groups in total. The quantitative estimate of drug-likeness (QED) is 0.660. The SMILES string of the molecule is CC(C)NC1C2C3CCC(C3)C12. The molecule has 3 aliphatic rings. The fraction of sp³-hybridized carbons (Fsp3) is 1.00. The van der Waals surface area contributed by atoms with E-state index in [2.05, 4.69) is 19.2 Å². The second-order valence-corrected chi connectivity index (χ2v) is 5.34. The van der Waals surface area contributed by atoms with Gasteiger partial charge in [-0.25, -0.2) is 0 Å². The summed E-state index contributed by atoms with van der Waals surface area (Å²) in [6, 6.07) is 1.62. The predicted molar refractivity (Wildman–Crippen MR) is 49.9 cm³/mol. The average Bonchev–Trinajstić information content (AvgIpc) is 2.43. The number of hydrogen-bond acceptors (Lipinski definition) is 1. The Morgan fingerprint density at radius 2 is 1.67 bits per heavy atom. The van der Waals surface area contributed by atoms with Crippen LogP contribution in [0, 0.1) is 23.7 Å². The van der Waals surface area contributed by atoms with Crippen molar-refractivity contribution >= 4 is 0 Å². The molecule has 0 aromatic rings. The Hall–Kier alpha value is -0.0400. The van der Waals surface area contributed by atoms with Gasteiger partial charge in [-0.3, -0.25) is 0 Å². The molecule has 0 amide bonds. The van der Waals surface area contributed by atoms with Crippen molar-refractivity contribution in [3.8, 4) is 0 Å². The minimum atomic E-state index is 0.694. The number of hydrogen-bond donors (Lipinski definition) is 1. The van der Waals surface area contributed by atoms with Crippen LogP contribution in [-0.2, 0) is 0 Å². The molecule has 0 aliphatic heterocycles. The van der Waals surface area contributed by atoms with Crippen LogP contribution in [0.15, 0.2) is 0 Å². The van der Waals surface area contributed by atoms with Crippen LogP contribution in [0.5, 0.6) is 0 Å². The maximum absolute atomic E-state index is 3.72. The van der Waals surface area contributed by atoms with Crippen LogP contribution in [0.3, 0.4) is 0 Å². The predicted octanol–water partition coefficient (Wildman–Crippen LogP) is 2.03. The zero-order valence-electron chi connectivity index (χ0n) is 8.09. The summed E-state index contributed by atoms with van der Waals surface area (Å²) in [6.45, 7) is 4.55. The molecule has 12 heavy (non-hydrogen) atoms. The van der Waals surface area contributed by atoms with Crippen LogP contribution in [0.2, 0.25) is 0 Å². The van der Waals surface area contributed by atoms with Gasteiger partial charge in [-0.1, -0.05) is 13.8 Å². The molecule has 2 bridgehead atoms. The van der Waals surface area contributed by atoms with E-state index in [1.165, 1.54) is 0 Å². The van der Waals surface area contributed by atoms with Gasteiger partial charge < -0.3 is 5.32 Å². The zero-order valence-corrected chi connectivity index (χ0v) is 8.09. The molecule has 3 rings (SSSR count). The largest absolute Gasteiger partial charge is 0.311 e. The van der Waals surface area contributed by atoms with Crippen molar-refractivity contribution in [1.29, 1.82) is 0 Å². The Morgan fingerprint density at radius 3 is 2.17 bits per heavy atom. The van der Waals surface area contributed by atoms with Gasteiger partial charge in [0.2, 0.25) is 0 Å². The van der Waals surface area contributed by atoms with Gasteiger partial charge in [-0.15, -0.1) is 0 Å². The van der Waals surface area contributed by atoms with E-state index < -0.39 is 0 Å². The molecule has 0 saturated heterocycles. The molecule has 68 valence electrons. The molecule has 0 aromatic carbocycles. The van der Waals surface area contributed by atoms with E-state index in [1.807, 2.05) is 0 Å². The van der Waals surface area contributed by atoms with Crippen molar-refractivity contribution in [2.24, 2.45) is 23.7 Å². The van der Waals surface area contributed by atoms with Gasteiger partial charge in [0.1, 0.15) is 0 Å². The van der Waals surface area contributed by atoms with E-state index in [0.717, 1.165) is 29.7 Å². The van der Waals surface area contributed by atoms with Gasteiger partial charge >= 0.3 is 0 Å². The van der Waals surface area contributed by atoms with Gasteiger partial charge in [0.05, 0.1) is 0 Å². The summed E-state index contributed by atoms with van der Waals surface area (Å²) >= 11 is 0. The molecule has 1 nitrogen and oxygen atoms in total. The molecular weight excluding hydrogens is 146 g/mol. The topological polar surface area (TPSA) is 12.0 Å². The average molecular weight is 165 g/mol. The first-order valence-electron chi connectivity index (χ1n) is 5.53. The van der Waals surface area contributed by atoms with E-state index in [4.69, 9.17) is 0 Å². The van der Waals surface area contributed by atoms with Crippen molar-refractivity contribution in [2.75, 3.05) is 0 Å². The highest BCUT2D eigenvalue weighted by molar-refractivity contribution is 5.16. The summed E-state index contributed by atoms with van der Waals surface area (Å²) in [4.78, 5) is 0. The van der Waals surface area contributed by atoms with E-state index in [1.54, 1.807) is 19.3 Å². The van der Waals surface area contributed by atoms with Crippen LogP contribution < -0.4 is 5.32 Å². The highest BCUT2D eigenvalue weighted by Crippen LogP contribution is 2.65. The lowest BCUT2D eigenvalue weighted by molar-refractivity contribution is 0.439. The summed E-state index contributed by atoms with van der Waals surface area (Å²) in [7, 11) is 0. The number of rotatable bonds is 2. The first-order chi connectivity index (χ1) is 5.77. The molecule has 0 aromatic heterocycles. The maximum atomic E-state index is 3.72. The van der Waals surface area contributed by atoms with Crippen molar-refractivity contribution in [1.82, 2.24) is 5.32 Å². The summed E-state index contributed by atoms with van der Waals surface area (Å²) in [5.74, 6) is 4.45. The van der Waals surface area contributed by atoms with E-state index in [-0.39, 0.29) is 0 Å². The van der Waals surface area contributed by atoms with E-state index in [0.29, 0.717) is 6.04 Å². The van der Waals surface area contributed by atoms with Gasteiger partial charge in [0.25, 0.3) is 0 Å². The van der Waals surface area contributed by atoms with Gasteiger partial charge in [-0.05, 0) is 42.9 Å². The highest BCUT2D eigenvalue weighted by atomic mass is 15.0. The lowest BCUT2D eigenvalue weighted by Gasteiger charge is -2.12. The Bertz CT molecular complexity index is 183. The van der Waals surface area contributed by atoms with Crippen LogP contribution >= 0.6 is 0 Å². The maximum Gasteiger partial charge on any atom is 0.0138 e. The standard InChI is InChI=1S/C11H19N/c1-6(2)12-11-9-7-3-4-8(5-7)10(9)11/h6-12H,3-5H2,1-2H3. The summed E-state index contributed by atoms with van der Waals surface area (Å²) in [6.07, 6.45) is 4.66. The Labute approximate surface area is 74.9 Å². The van der Waals surface area contributed by atoms with Crippen LogP contribution in [0.4, 0.5) is 0 Å². The number of nitrogens with one attached hydrogen (secondary N) is 1. The fourth-order valence-electron chi connectivity index (χ4n) is 3.93. The molecule has 1 heteroatoms. The third kappa shape index (κ3) is 0.834. The number of fused-ring (bicyclic) bond motifs is 5. The van der Waals surface area contributed by atoms with Crippen molar-refractivity contribution in [3.63, 3.8) is 0 Å². The lowest BCUT2D eigenvalue weighted by Crippen LogP contribution is -2.29. The first-order valence-corrected chi connectivity index (χ1v) is 5.53. The van der Waals surface area contributed by atoms with Gasteiger partial charge in [0.15, 0.2) is 0 Å². The van der Waals surface area contributed by atoms with Crippen molar-refractivity contribution in [3.05, 3.63) is 0 Å². The lowest BCUT2D eigenvalue weighted by atomic mass is 10.0. The van der Waals surface area contributed by atoms with Crippen LogP contribution in [0.1, 0.15) is 33.1 Å². The summed E-state index contributed by atoms with van der Waals surface area (Å²) < 4.78 is 0. The first kappa shape index (κ1) is 7.37. The monoisotopic (exact) mass is 165 g/mol. The molecule has 0 heterocycles.